The third-order valence-corrected chi connectivity index (χ3v) is 4.65. The van der Waals surface area contributed by atoms with Gasteiger partial charge in [-0.1, -0.05) is 41.9 Å². The molecule has 148 valence electrons. The first-order chi connectivity index (χ1) is 13.9. The molecule has 0 aliphatic rings. The molecule has 29 heavy (non-hydrogen) atoms. The molecule has 0 saturated heterocycles. The topological polar surface area (TPSA) is 67.4 Å². The molecule has 3 aromatic carbocycles. The largest absolute Gasteiger partial charge is 0.481 e. The summed E-state index contributed by atoms with van der Waals surface area (Å²) >= 11 is 6.05. The van der Waals surface area contributed by atoms with Gasteiger partial charge in [-0.3, -0.25) is 9.59 Å². The highest BCUT2D eigenvalue weighted by atomic mass is 35.5. The highest BCUT2D eigenvalue weighted by Gasteiger charge is 2.16. The van der Waals surface area contributed by atoms with E-state index in [0.29, 0.717) is 22.0 Å². The van der Waals surface area contributed by atoms with Gasteiger partial charge in [0.1, 0.15) is 5.75 Å². The standard InChI is InChI=1S/C23H21ClN2O3/c1-15-7-3-5-9-20(15)25-23(28)17-11-13-18(14-12-17)29-16(2)22(27)26-21-10-6-4-8-19(21)24/h3-14,16H,1-2H3,(H,25,28)(H,26,27)/t16-/m0/s1. The Morgan fingerprint density at radius 3 is 2.14 bits per heavy atom. The fourth-order valence-electron chi connectivity index (χ4n) is 2.65. The van der Waals surface area contributed by atoms with Crippen LogP contribution in [0.1, 0.15) is 22.8 Å². The number of halogens is 1. The molecule has 0 saturated carbocycles. The minimum absolute atomic E-state index is 0.213. The first kappa shape index (κ1) is 20.4. The van der Waals surface area contributed by atoms with Gasteiger partial charge >= 0.3 is 0 Å². The minimum atomic E-state index is -0.738. The monoisotopic (exact) mass is 408 g/mol. The molecule has 0 spiro atoms. The molecule has 0 aliphatic heterocycles. The van der Waals surface area contributed by atoms with Crippen molar-refractivity contribution in [1.82, 2.24) is 0 Å². The summed E-state index contributed by atoms with van der Waals surface area (Å²) in [6.45, 7) is 3.58. The molecule has 0 aliphatic carbocycles. The lowest BCUT2D eigenvalue weighted by Gasteiger charge is -2.15. The van der Waals surface area contributed by atoms with Gasteiger partial charge in [0, 0.05) is 11.3 Å². The van der Waals surface area contributed by atoms with Crippen molar-refractivity contribution >= 4 is 34.8 Å². The number of para-hydroxylation sites is 2. The van der Waals surface area contributed by atoms with E-state index in [1.165, 1.54) is 0 Å². The van der Waals surface area contributed by atoms with E-state index < -0.39 is 6.10 Å². The van der Waals surface area contributed by atoms with Crippen LogP contribution in [0, 0.1) is 6.92 Å². The zero-order valence-corrected chi connectivity index (χ0v) is 16.9. The normalized spacial score (nSPS) is 11.4. The number of benzene rings is 3. The first-order valence-corrected chi connectivity index (χ1v) is 9.51. The van der Waals surface area contributed by atoms with Gasteiger partial charge in [-0.2, -0.15) is 0 Å². The van der Waals surface area contributed by atoms with Crippen molar-refractivity contribution in [2.24, 2.45) is 0 Å². The SMILES string of the molecule is Cc1ccccc1NC(=O)c1ccc(O[C@@H](C)C(=O)Nc2ccccc2Cl)cc1. The van der Waals surface area contributed by atoms with E-state index in [1.807, 2.05) is 31.2 Å². The smallest absolute Gasteiger partial charge is 0.265 e. The molecule has 3 rings (SSSR count). The maximum Gasteiger partial charge on any atom is 0.265 e. The number of carbonyl (C=O) groups excluding carboxylic acids is 2. The molecule has 0 radical (unpaired) electrons. The van der Waals surface area contributed by atoms with E-state index in [-0.39, 0.29) is 11.8 Å². The van der Waals surface area contributed by atoms with Gasteiger partial charge in [-0.05, 0) is 61.9 Å². The second-order valence-electron chi connectivity index (χ2n) is 6.52. The summed E-state index contributed by atoms with van der Waals surface area (Å²) in [5.41, 5.74) is 2.77. The molecular weight excluding hydrogens is 388 g/mol. The fourth-order valence-corrected chi connectivity index (χ4v) is 2.83. The highest BCUT2D eigenvalue weighted by Crippen LogP contribution is 2.21. The molecule has 5 nitrogen and oxygen atoms in total. The van der Waals surface area contributed by atoms with Crippen LogP contribution in [0.3, 0.4) is 0 Å². The lowest BCUT2D eigenvalue weighted by Crippen LogP contribution is -2.30. The van der Waals surface area contributed by atoms with E-state index >= 15 is 0 Å². The van der Waals surface area contributed by atoms with Crippen molar-refractivity contribution in [3.05, 3.63) is 88.9 Å². The van der Waals surface area contributed by atoms with Crippen molar-refractivity contribution in [3.8, 4) is 5.75 Å². The summed E-state index contributed by atoms with van der Waals surface area (Å²) in [7, 11) is 0. The Morgan fingerprint density at radius 2 is 1.48 bits per heavy atom. The number of amides is 2. The molecule has 0 aromatic heterocycles. The molecule has 0 unspecified atom stereocenters. The summed E-state index contributed by atoms with van der Waals surface area (Å²) in [5, 5.41) is 6.07. The Labute approximate surface area is 174 Å². The van der Waals surface area contributed by atoms with E-state index in [0.717, 1.165) is 11.3 Å². The Hall–Kier alpha value is -3.31. The van der Waals surface area contributed by atoms with Crippen molar-refractivity contribution in [1.29, 1.82) is 0 Å². The molecule has 3 aromatic rings. The van der Waals surface area contributed by atoms with Crippen LogP contribution in [-0.4, -0.2) is 17.9 Å². The highest BCUT2D eigenvalue weighted by molar-refractivity contribution is 6.33. The molecule has 2 amide bonds. The van der Waals surface area contributed by atoms with Crippen LogP contribution < -0.4 is 15.4 Å². The number of nitrogens with one attached hydrogen (secondary N) is 2. The van der Waals surface area contributed by atoms with Crippen molar-refractivity contribution in [3.63, 3.8) is 0 Å². The summed E-state index contributed by atoms with van der Waals surface area (Å²) < 4.78 is 5.67. The van der Waals surface area contributed by atoms with Crippen molar-refractivity contribution < 1.29 is 14.3 Å². The van der Waals surface area contributed by atoms with E-state index in [9.17, 15) is 9.59 Å². The molecule has 2 N–H and O–H groups in total. The van der Waals surface area contributed by atoms with Crippen LogP contribution in [0.25, 0.3) is 0 Å². The van der Waals surface area contributed by atoms with Gasteiger partial charge in [0.25, 0.3) is 11.8 Å². The predicted octanol–water partition coefficient (Wildman–Crippen LogP) is 5.31. The fraction of sp³-hybridized carbons (Fsp3) is 0.130. The molecule has 0 fully saturated rings. The molecule has 1 atom stereocenters. The third-order valence-electron chi connectivity index (χ3n) is 4.32. The predicted molar refractivity (Wildman–Crippen MR) is 116 cm³/mol. The van der Waals surface area contributed by atoms with Gasteiger partial charge in [0.2, 0.25) is 0 Å². The van der Waals surface area contributed by atoms with Crippen LogP contribution in [0.5, 0.6) is 5.75 Å². The maximum atomic E-state index is 12.4. The summed E-state index contributed by atoms with van der Waals surface area (Å²) in [4.78, 5) is 24.7. The molecule has 6 heteroatoms. The summed E-state index contributed by atoms with van der Waals surface area (Å²) in [6.07, 6.45) is -0.738. The van der Waals surface area contributed by atoms with Crippen LogP contribution >= 0.6 is 11.6 Å². The van der Waals surface area contributed by atoms with E-state index in [2.05, 4.69) is 10.6 Å². The zero-order valence-electron chi connectivity index (χ0n) is 16.1. The van der Waals surface area contributed by atoms with Crippen molar-refractivity contribution in [2.75, 3.05) is 10.6 Å². The van der Waals surface area contributed by atoms with Crippen LogP contribution in [0.15, 0.2) is 72.8 Å². The maximum absolute atomic E-state index is 12.4. The van der Waals surface area contributed by atoms with Gasteiger partial charge in [-0.15, -0.1) is 0 Å². The zero-order chi connectivity index (χ0) is 20.8. The van der Waals surface area contributed by atoms with Gasteiger partial charge in [0.05, 0.1) is 10.7 Å². The average molecular weight is 409 g/mol. The lowest BCUT2D eigenvalue weighted by molar-refractivity contribution is -0.122. The molecular formula is C23H21ClN2O3. The Bertz CT molecular complexity index is 1020. The molecule has 0 heterocycles. The second-order valence-corrected chi connectivity index (χ2v) is 6.93. The quantitative estimate of drug-likeness (QED) is 0.581. The lowest BCUT2D eigenvalue weighted by atomic mass is 10.1. The second kappa shape index (κ2) is 9.26. The Morgan fingerprint density at radius 1 is 0.862 bits per heavy atom. The van der Waals surface area contributed by atoms with Crippen LogP contribution in [0.4, 0.5) is 11.4 Å². The van der Waals surface area contributed by atoms with Crippen LogP contribution in [0.2, 0.25) is 5.02 Å². The molecule has 0 bridgehead atoms. The first-order valence-electron chi connectivity index (χ1n) is 9.13. The third kappa shape index (κ3) is 5.36. The summed E-state index contributed by atoms with van der Waals surface area (Å²) in [6, 6.07) is 21.2. The number of hydrogen-bond acceptors (Lipinski definition) is 3. The summed E-state index contributed by atoms with van der Waals surface area (Å²) in [5.74, 6) is -0.0471. The number of anilines is 2. The number of rotatable bonds is 6. The van der Waals surface area contributed by atoms with E-state index in [1.54, 1.807) is 55.5 Å². The van der Waals surface area contributed by atoms with Gasteiger partial charge < -0.3 is 15.4 Å². The van der Waals surface area contributed by atoms with Gasteiger partial charge in [0.15, 0.2) is 6.10 Å². The van der Waals surface area contributed by atoms with E-state index in [4.69, 9.17) is 16.3 Å². The van der Waals surface area contributed by atoms with Crippen LogP contribution in [-0.2, 0) is 4.79 Å². The number of hydrogen-bond donors (Lipinski definition) is 2. The van der Waals surface area contributed by atoms with Crippen molar-refractivity contribution in [2.45, 2.75) is 20.0 Å². The number of aryl methyl sites for hydroxylation is 1. The Balaban J connectivity index is 1.59. The minimum Gasteiger partial charge on any atom is -0.481 e. The Kier molecular flexibility index (Phi) is 6.52. The number of carbonyl (C=O) groups is 2. The van der Waals surface area contributed by atoms with Gasteiger partial charge in [-0.25, -0.2) is 0 Å². The average Bonchev–Trinajstić information content (AvgIpc) is 2.72. The number of ether oxygens (including phenoxy) is 1.